The van der Waals surface area contributed by atoms with Crippen molar-refractivity contribution in [2.75, 3.05) is 6.54 Å². The van der Waals surface area contributed by atoms with Crippen LogP contribution in [0.2, 0.25) is 5.02 Å². The van der Waals surface area contributed by atoms with Crippen LogP contribution in [0.5, 0.6) is 0 Å². The molecular weight excluding hydrogens is 585 g/mol. The Morgan fingerprint density at radius 1 is 1.00 bits per heavy atom. The summed E-state index contributed by atoms with van der Waals surface area (Å²) in [5.41, 5.74) is -1.08. The molecule has 1 N–H and O–H groups in total. The molecule has 1 aromatic heterocycles. The standard InChI is InChI=1S/C29H27ClF5N3O4/c1-15-7-19(30)8-16(2)25(15)24(39)14-37(13-17-9-20(31)11-21(32)10-17)27(40)23-12-36-38(26(23)29(33,34)35)22-5-3-18(4-6-22)28(41)42/h7-12,18,22H,3-6,13-14H2,1-2H3,(H,41,42). The molecule has 1 heterocycles. The van der Waals surface area contributed by atoms with Crippen molar-refractivity contribution < 1.29 is 41.4 Å². The number of carbonyl (C=O) groups is 3. The van der Waals surface area contributed by atoms with E-state index in [4.69, 9.17) is 11.6 Å². The number of halogens is 6. The molecule has 0 aliphatic heterocycles. The Kier molecular flexibility index (Phi) is 9.05. The number of amides is 1. The smallest absolute Gasteiger partial charge is 0.433 e. The van der Waals surface area contributed by atoms with Crippen molar-refractivity contribution in [1.82, 2.24) is 14.7 Å². The predicted molar refractivity (Wildman–Crippen MR) is 142 cm³/mol. The molecule has 42 heavy (non-hydrogen) atoms. The van der Waals surface area contributed by atoms with Crippen molar-refractivity contribution in [2.24, 2.45) is 5.92 Å². The first kappa shape index (κ1) is 31.1. The molecule has 3 aromatic rings. The molecule has 1 fully saturated rings. The summed E-state index contributed by atoms with van der Waals surface area (Å²) in [6.07, 6.45) is -3.77. The summed E-state index contributed by atoms with van der Waals surface area (Å²) in [7, 11) is 0. The van der Waals surface area contributed by atoms with E-state index in [0.29, 0.717) is 26.9 Å². The van der Waals surface area contributed by atoms with E-state index in [9.17, 15) is 41.4 Å². The van der Waals surface area contributed by atoms with Crippen LogP contribution in [0.4, 0.5) is 22.0 Å². The van der Waals surface area contributed by atoms with Crippen LogP contribution >= 0.6 is 11.6 Å². The largest absolute Gasteiger partial charge is 0.481 e. The van der Waals surface area contributed by atoms with Gasteiger partial charge in [-0.05, 0) is 80.5 Å². The van der Waals surface area contributed by atoms with E-state index in [-0.39, 0.29) is 36.8 Å². The number of carboxylic acids is 1. The lowest BCUT2D eigenvalue weighted by molar-refractivity contribution is -0.147. The van der Waals surface area contributed by atoms with Crippen LogP contribution in [-0.2, 0) is 17.5 Å². The minimum Gasteiger partial charge on any atom is -0.481 e. The number of hydrogen-bond donors (Lipinski definition) is 1. The first-order valence-electron chi connectivity index (χ1n) is 13.1. The maximum Gasteiger partial charge on any atom is 0.433 e. The number of carbonyl (C=O) groups excluding carboxylic acids is 2. The normalized spacial score (nSPS) is 17.2. The van der Waals surface area contributed by atoms with E-state index in [2.05, 4.69) is 5.10 Å². The number of carboxylic acid groups (broad SMARTS) is 1. The number of nitrogens with zero attached hydrogens (tertiary/aromatic N) is 3. The van der Waals surface area contributed by atoms with E-state index >= 15 is 0 Å². The molecule has 0 radical (unpaired) electrons. The third-order valence-electron chi connectivity index (χ3n) is 7.38. The molecule has 0 unspecified atom stereocenters. The zero-order chi connectivity index (χ0) is 30.9. The van der Waals surface area contributed by atoms with Gasteiger partial charge < -0.3 is 10.0 Å². The molecule has 1 saturated carbocycles. The minimum absolute atomic E-state index is 0.0776. The summed E-state index contributed by atoms with van der Waals surface area (Å²) in [5, 5.41) is 13.5. The van der Waals surface area contributed by atoms with Crippen LogP contribution in [0.3, 0.4) is 0 Å². The van der Waals surface area contributed by atoms with Gasteiger partial charge in [0.05, 0.1) is 30.3 Å². The highest BCUT2D eigenvalue weighted by Crippen LogP contribution is 2.39. The third-order valence-corrected chi connectivity index (χ3v) is 7.60. The molecule has 0 bridgehead atoms. The summed E-state index contributed by atoms with van der Waals surface area (Å²) in [6.45, 7) is 1.96. The number of rotatable bonds is 8. The lowest BCUT2D eigenvalue weighted by Gasteiger charge is -2.28. The van der Waals surface area contributed by atoms with Gasteiger partial charge in [-0.3, -0.25) is 19.1 Å². The van der Waals surface area contributed by atoms with Crippen LogP contribution in [0.1, 0.15) is 74.8 Å². The average molecular weight is 612 g/mol. The van der Waals surface area contributed by atoms with Gasteiger partial charge in [0.25, 0.3) is 5.91 Å². The van der Waals surface area contributed by atoms with Crippen molar-refractivity contribution in [2.45, 2.75) is 58.3 Å². The Balaban J connectivity index is 1.73. The fraction of sp³-hybridized carbons (Fsp3) is 0.379. The molecule has 0 spiro atoms. The summed E-state index contributed by atoms with van der Waals surface area (Å²) in [4.78, 5) is 39.3. The number of aryl methyl sites for hydroxylation is 2. The summed E-state index contributed by atoms with van der Waals surface area (Å²) < 4.78 is 71.9. The van der Waals surface area contributed by atoms with E-state index in [1.807, 2.05) is 0 Å². The van der Waals surface area contributed by atoms with Gasteiger partial charge in [0, 0.05) is 23.2 Å². The Morgan fingerprint density at radius 3 is 2.10 bits per heavy atom. The number of benzene rings is 2. The van der Waals surface area contributed by atoms with E-state index in [0.717, 1.165) is 23.2 Å². The second-order valence-electron chi connectivity index (χ2n) is 10.5. The highest BCUT2D eigenvalue weighted by Gasteiger charge is 2.43. The number of hydrogen-bond acceptors (Lipinski definition) is 4. The second-order valence-corrected chi connectivity index (χ2v) is 10.9. The van der Waals surface area contributed by atoms with Crippen LogP contribution < -0.4 is 0 Å². The highest BCUT2D eigenvalue weighted by atomic mass is 35.5. The molecule has 7 nitrogen and oxygen atoms in total. The number of ketones is 1. The van der Waals surface area contributed by atoms with Crippen molar-refractivity contribution in [1.29, 1.82) is 0 Å². The van der Waals surface area contributed by atoms with Crippen molar-refractivity contribution >= 4 is 29.3 Å². The first-order valence-corrected chi connectivity index (χ1v) is 13.4. The van der Waals surface area contributed by atoms with Crippen LogP contribution in [0.25, 0.3) is 0 Å². The van der Waals surface area contributed by atoms with Gasteiger partial charge in [-0.25, -0.2) is 8.78 Å². The number of aromatic nitrogens is 2. The Morgan fingerprint density at radius 2 is 1.57 bits per heavy atom. The van der Waals surface area contributed by atoms with Crippen molar-refractivity contribution in [3.05, 3.63) is 86.7 Å². The molecular formula is C29H27ClF5N3O4. The SMILES string of the molecule is Cc1cc(Cl)cc(C)c1C(=O)CN(Cc1cc(F)cc(F)c1)C(=O)c1cnn(C2CCC(C(=O)O)CC2)c1C(F)(F)F. The van der Waals surface area contributed by atoms with Crippen molar-refractivity contribution in [3.63, 3.8) is 0 Å². The summed E-state index contributed by atoms with van der Waals surface area (Å²) >= 11 is 6.06. The summed E-state index contributed by atoms with van der Waals surface area (Å²) in [6, 6.07) is 4.70. The maximum atomic E-state index is 14.4. The quantitative estimate of drug-likeness (QED) is 0.224. The zero-order valence-electron chi connectivity index (χ0n) is 22.6. The second kappa shape index (κ2) is 12.2. The molecule has 4 rings (SSSR count). The van der Waals surface area contributed by atoms with Gasteiger partial charge in [0.15, 0.2) is 11.5 Å². The minimum atomic E-state index is -5.03. The molecule has 2 aromatic carbocycles. The van der Waals surface area contributed by atoms with E-state index in [1.54, 1.807) is 13.8 Å². The maximum absolute atomic E-state index is 14.4. The van der Waals surface area contributed by atoms with Crippen LogP contribution in [-0.4, -0.2) is 44.0 Å². The lowest BCUT2D eigenvalue weighted by Crippen LogP contribution is -2.37. The molecule has 224 valence electrons. The Labute approximate surface area is 242 Å². The topological polar surface area (TPSA) is 92.5 Å². The lowest BCUT2D eigenvalue weighted by atomic mass is 9.86. The van der Waals surface area contributed by atoms with Gasteiger partial charge in [-0.1, -0.05) is 11.6 Å². The Hall–Kier alpha value is -3.80. The van der Waals surface area contributed by atoms with Crippen LogP contribution in [0.15, 0.2) is 36.5 Å². The Bertz CT molecular complexity index is 1490. The molecule has 1 aliphatic carbocycles. The van der Waals surface area contributed by atoms with Gasteiger partial charge in [0.1, 0.15) is 11.6 Å². The molecule has 0 atom stereocenters. The molecule has 0 saturated heterocycles. The van der Waals surface area contributed by atoms with Gasteiger partial charge in [-0.15, -0.1) is 0 Å². The summed E-state index contributed by atoms with van der Waals surface area (Å²) in [5.74, 6) is -5.46. The highest BCUT2D eigenvalue weighted by molar-refractivity contribution is 6.31. The van der Waals surface area contributed by atoms with E-state index < -0.39 is 71.8 Å². The fourth-order valence-electron chi connectivity index (χ4n) is 5.54. The van der Waals surface area contributed by atoms with Crippen LogP contribution in [0, 0.1) is 31.4 Å². The molecule has 13 heteroatoms. The number of Topliss-reactive ketones (excluding diaryl/α,β-unsaturated/α-hetero) is 1. The number of alkyl halides is 3. The molecule has 1 amide bonds. The van der Waals surface area contributed by atoms with Gasteiger partial charge in [-0.2, -0.15) is 18.3 Å². The predicted octanol–water partition coefficient (Wildman–Crippen LogP) is 6.79. The van der Waals surface area contributed by atoms with Crippen molar-refractivity contribution in [3.8, 4) is 0 Å². The average Bonchev–Trinajstić information content (AvgIpc) is 3.33. The third kappa shape index (κ3) is 6.80. The fourth-order valence-corrected chi connectivity index (χ4v) is 5.87. The van der Waals surface area contributed by atoms with Gasteiger partial charge >= 0.3 is 12.1 Å². The number of aliphatic carboxylic acids is 1. The monoisotopic (exact) mass is 611 g/mol. The zero-order valence-corrected chi connectivity index (χ0v) is 23.4. The van der Waals surface area contributed by atoms with E-state index in [1.165, 1.54) is 12.1 Å². The van der Waals surface area contributed by atoms with Gasteiger partial charge in [0.2, 0.25) is 0 Å². The molecule has 1 aliphatic rings. The first-order chi connectivity index (χ1) is 19.6.